The standard InChI is InChI=1S/C10H9Cl2N3S/c11-8-3-1-6(5-14-8)10(15-13)7-2-4-9(12)16-7/h1-5,10,15H,13H2. The molecule has 0 amide bonds. The van der Waals surface area contributed by atoms with Gasteiger partial charge in [-0.25, -0.2) is 10.4 Å². The van der Waals surface area contributed by atoms with Crippen molar-refractivity contribution < 1.29 is 0 Å². The minimum Gasteiger partial charge on any atom is -0.271 e. The number of hydrazine groups is 1. The van der Waals surface area contributed by atoms with Crippen LogP contribution in [0.2, 0.25) is 9.49 Å². The van der Waals surface area contributed by atoms with E-state index >= 15 is 0 Å². The molecule has 0 aliphatic carbocycles. The smallest absolute Gasteiger partial charge is 0.129 e. The number of nitrogens with zero attached hydrogens (tertiary/aromatic N) is 1. The van der Waals surface area contributed by atoms with Crippen LogP contribution in [0.3, 0.4) is 0 Å². The molecule has 6 heteroatoms. The third-order valence-electron chi connectivity index (χ3n) is 2.13. The van der Waals surface area contributed by atoms with Crippen LogP contribution < -0.4 is 11.3 Å². The molecule has 0 aliphatic rings. The Morgan fingerprint density at radius 1 is 1.25 bits per heavy atom. The molecule has 0 aliphatic heterocycles. The van der Waals surface area contributed by atoms with Crippen molar-refractivity contribution in [1.82, 2.24) is 10.4 Å². The van der Waals surface area contributed by atoms with Crippen LogP contribution in [-0.2, 0) is 0 Å². The van der Waals surface area contributed by atoms with Crippen molar-refractivity contribution in [2.75, 3.05) is 0 Å². The second-order valence-electron chi connectivity index (χ2n) is 3.16. The normalized spacial score (nSPS) is 12.7. The van der Waals surface area contributed by atoms with Crippen LogP contribution >= 0.6 is 34.5 Å². The molecule has 1 atom stereocenters. The topological polar surface area (TPSA) is 50.9 Å². The summed E-state index contributed by atoms with van der Waals surface area (Å²) in [6.07, 6.45) is 1.69. The van der Waals surface area contributed by atoms with Crippen molar-refractivity contribution in [3.63, 3.8) is 0 Å². The van der Waals surface area contributed by atoms with Gasteiger partial charge in [-0.1, -0.05) is 29.3 Å². The lowest BCUT2D eigenvalue weighted by Crippen LogP contribution is -2.28. The Morgan fingerprint density at radius 3 is 2.56 bits per heavy atom. The van der Waals surface area contributed by atoms with Crippen molar-refractivity contribution in [2.24, 2.45) is 5.84 Å². The Balaban J connectivity index is 2.32. The number of nitrogens with two attached hydrogens (primary N) is 1. The molecule has 3 nitrogen and oxygen atoms in total. The fraction of sp³-hybridized carbons (Fsp3) is 0.100. The number of halogens is 2. The molecule has 0 saturated carbocycles. The number of hydrogen-bond donors (Lipinski definition) is 2. The van der Waals surface area contributed by atoms with Crippen molar-refractivity contribution in [3.05, 3.63) is 50.4 Å². The molecular weight excluding hydrogens is 265 g/mol. The molecule has 3 N–H and O–H groups in total. The van der Waals surface area contributed by atoms with Gasteiger partial charge in [0, 0.05) is 11.1 Å². The van der Waals surface area contributed by atoms with Gasteiger partial charge in [-0.2, -0.15) is 0 Å². The number of pyridine rings is 1. The van der Waals surface area contributed by atoms with E-state index in [0.29, 0.717) is 5.15 Å². The van der Waals surface area contributed by atoms with E-state index in [1.807, 2.05) is 18.2 Å². The molecule has 2 aromatic rings. The zero-order chi connectivity index (χ0) is 11.5. The quantitative estimate of drug-likeness (QED) is 0.514. The van der Waals surface area contributed by atoms with E-state index in [9.17, 15) is 0 Å². The van der Waals surface area contributed by atoms with Crippen LogP contribution in [0.5, 0.6) is 0 Å². The highest BCUT2D eigenvalue weighted by Gasteiger charge is 2.14. The van der Waals surface area contributed by atoms with Gasteiger partial charge in [-0.3, -0.25) is 5.84 Å². The highest BCUT2D eigenvalue weighted by atomic mass is 35.5. The van der Waals surface area contributed by atoms with Gasteiger partial charge < -0.3 is 0 Å². The van der Waals surface area contributed by atoms with Gasteiger partial charge in [0.1, 0.15) is 5.15 Å². The minimum atomic E-state index is -0.109. The summed E-state index contributed by atoms with van der Waals surface area (Å²) in [6.45, 7) is 0. The van der Waals surface area contributed by atoms with Crippen LogP contribution in [0.4, 0.5) is 0 Å². The average molecular weight is 274 g/mol. The van der Waals surface area contributed by atoms with E-state index in [1.54, 1.807) is 12.3 Å². The summed E-state index contributed by atoms with van der Waals surface area (Å²) in [4.78, 5) is 5.06. The van der Waals surface area contributed by atoms with Crippen molar-refractivity contribution in [2.45, 2.75) is 6.04 Å². The van der Waals surface area contributed by atoms with Gasteiger partial charge in [-0.05, 0) is 23.8 Å². The molecule has 16 heavy (non-hydrogen) atoms. The minimum absolute atomic E-state index is 0.109. The Hall–Kier alpha value is -0.650. The molecule has 0 saturated heterocycles. The lowest BCUT2D eigenvalue weighted by Gasteiger charge is -2.13. The monoisotopic (exact) mass is 273 g/mol. The molecule has 1 unspecified atom stereocenters. The molecule has 0 fully saturated rings. The summed E-state index contributed by atoms with van der Waals surface area (Å²) in [5.74, 6) is 5.54. The second-order valence-corrected chi connectivity index (χ2v) is 5.29. The molecule has 0 spiro atoms. The van der Waals surface area contributed by atoms with Gasteiger partial charge in [0.15, 0.2) is 0 Å². The van der Waals surface area contributed by atoms with Gasteiger partial charge >= 0.3 is 0 Å². The number of nitrogens with one attached hydrogen (secondary N) is 1. The number of aromatic nitrogens is 1. The lowest BCUT2D eigenvalue weighted by atomic mass is 10.1. The Labute approximate surface area is 107 Å². The van der Waals surface area contributed by atoms with Gasteiger partial charge in [-0.15, -0.1) is 11.3 Å². The number of rotatable bonds is 3. The molecule has 2 rings (SSSR count). The van der Waals surface area contributed by atoms with Crippen LogP contribution in [0.15, 0.2) is 30.5 Å². The average Bonchev–Trinajstić information content (AvgIpc) is 2.69. The van der Waals surface area contributed by atoms with Gasteiger partial charge in [0.05, 0.1) is 10.4 Å². The van der Waals surface area contributed by atoms with E-state index < -0.39 is 0 Å². The molecular formula is C10H9Cl2N3S. The fourth-order valence-electron chi connectivity index (χ4n) is 1.38. The van der Waals surface area contributed by atoms with Crippen LogP contribution in [-0.4, -0.2) is 4.98 Å². The summed E-state index contributed by atoms with van der Waals surface area (Å²) in [7, 11) is 0. The fourth-order valence-corrected chi connectivity index (χ4v) is 2.65. The zero-order valence-corrected chi connectivity index (χ0v) is 10.5. The van der Waals surface area contributed by atoms with E-state index in [2.05, 4.69) is 10.4 Å². The first-order chi connectivity index (χ1) is 7.70. The predicted molar refractivity (Wildman–Crippen MR) is 67.7 cm³/mol. The summed E-state index contributed by atoms with van der Waals surface area (Å²) in [6, 6.07) is 7.29. The molecule has 2 heterocycles. The maximum Gasteiger partial charge on any atom is 0.129 e. The molecule has 0 bridgehead atoms. The van der Waals surface area contributed by atoms with Crippen molar-refractivity contribution in [1.29, 1.82) is 0 Å². The van der Waals surface area contributed by atoms with E-state index in [1.165, 1.54) is 11.3 Å². The lowest BCUT2D eigenvalue weighted by molar-refractivity contribution is 0.644. The molecule has 0 radical (unpaired) electrons. The molecule has 2 aromatic heterocycles. The highest BCUT2D eigenvalue weighted by molar-refractivity contribution is 7.16. The van der Waals surface area contributed by atoms with Crippen LogP contribution in [0, 0.1) is 0 Å². The summed E-state index contributed by atoms with van der Waals surface area (Å²) >= 11 is 13.1. The summed E-state index contributed by atoms with van der Waals surface area (Å²) in [5.41, 5.74) is 3.69. The van der Waals surface area contributed by atoms with Crippen LogP contribution in [0.25, 0.3) is 0 Å². The van der Waals surface area contributed by atoms with Crippen molar-refractivity contribution in [3.8, 4) is 0 Å². The number of thiophene rings is 1. The Kier molecular flexibility index (Phi) is 3.78. The third-order valence-corrected chi connectivity index (χ3v) is 3.65. The Morgan fingerprint density at radius 2 is 2.06 bits per heavy atom. The third kappa shape index (κ3) is 2.53. The SMILES string of the molecule is NNC(c1ccc(Cl)nc1)c1ccc(Cl)s1. The predicted octanol–water partition coefficient (Wildman–Crippen LogP) is 3.00. The van der Waals surface area contributed by atoms with Crippen LogP contribution in [0.1, 0.15) is 16.5 Å². The summed E-state index contributed by atoms with van der Waals surface area (Å²) in [5, 5.41) is 0.462. The van der Waals surface area contributed by atoms with Gasteiger partial charge in [0.25, 0.3) is 0 Å². The molecule has 0 aromatic carbocycles. The van der Waals surface area contributed by atoms with E-state index in [4.69, 9.17) is 29.0 Å². The highest BCUT2D eigenvalue weighted by Crippen LogP contribution is 2.30. The van der Waals surface area contributed by atoms with E-state index in [0.717, 1.165) is 14.8 Å². The zero-order valence-electron chi connectivity index (χ0n) is 8.15. The van der Waals surface area contributed by atoms with Crippen molar-refractivity contribution >= 4 is 34.5 Å². The molecule has 84 valence electrons. The first kappa shape index (κ1) is 11.8. The number of hydrogen-bond acceptors (Lipinski definition) is 4. The largest absolute Gasteiger partial charge is 0.271 e. The second kappa shape index (κ2) is 5.12. The maximum atomic E-state index is 5.89. The van der Waals surface area contributed by atoms with E-state index in [-0.39, 0.29) is 6.04 Å². The van der Waals surface area contributed by atoms with Gasteiger partial charge in [0.2, 0.25) is 0 Å². The first-order valence-corrected chi connectivity index (χ1v) is 6.11. The first-order valence-electron chi connectivity index (χ1n) is 4.53. The Bertz CT molecular complexity index is 469. The summed E-state index contributed by atoms with van der Waals surface area (Å²) < 4.78 is 0.733. The maximum absolute atomic E-state index is 5.89.